The second kappa shape index (κ2) is 1.95. The highest BCUT2D eigenvalue weighted by Crippen LogP contribution is 2.49. The van der Waals surface area contributed by atoms with Gasteiger partial charge >= 0.3 is 5.97 Å². The number of nitrogens with one attached hydrogen (secondary N) is 1. The quantitative estimate of drug-likeness (QED) is 0.506. The van der Waals surface area contributed by atoms with Gasteiger partial charge < -0.3 is 10.1 Å². The van der Waals surface area contributed by atoms with Crippen molar-refractivity contribution in [3.8, 4) is 0 Å². The maximum atomic E-state index is 10.9. The Labute approximate surface area is 59.7 Å². The lowest BCUT2D eigenvalue weighted by Crippen LogP contribution is -2.19. The second-order valence-corrected chi connectivity index (χ2v) is 3.03. The summed E-state index contributed by atoms with van der Waals surface area (Å²) in [7, 11) is 1.46. The van der Waals surface area contributed by atoms with Crippen molar-refractivity contribution >= 4 is 5.97 Å². The third-order valence-corrected chi connectivity index (χ3v) is 2.57. The molecule has 1 saturated heterocycles. The summed E-state index contributed by atoms with van der Waals surface area (Å²) < 4.78 is 4.64. The van der Waals surface area contributed by atoms with Gasteiger partial charge in [0, 0.05) is 0 Å². The van der Waals surface area contributed by atoms with Gasteiger partial charge in [-0.15, -0.1) is 0 Å². The Hall–Kier alpha value is -0.570. The first-order valence-corrected chi connectivity index (χ1v) is 3.63. The van der Waals surface area contributed by atoms with Crippen LogP contribution in [0.5, 0.6) is 0 Å². The highest BCUT2D eigenvalue weighted by atomic mass is 16.5. The van der Waals surface area contributed by atoms with E-state index in [0.717, 1.165) is 13.1 Å². The summed E-state index contributed by atoms with van der Waals surface area (Å²) in [5.74, 6) is 1.39. The fourth-order valence-electron chi connectivity index (χ4n) is 1.90. The van der Waals surface area contributed by atoms with Crippen molar-refractivity contribution < 1.29 is 9.53 Å². The molecule has 2 rings (SSSR count). The molecular weight excluding hydrogens is 130 g/mol. The number of rotatable bonds is 1. The molecule has 0 radical (unpaired) electrons. The number of hydrogen-bond donors (Lipinski definition) is 1. The molecule has 10 heavy (non-hydrogen) atoms. The van der Waals surface area contributed by atoms with Gasteiger partial charge in [0.1, 0.15) is 0 Å². The molecule has 2 aliphatic rings. The number of fused-ring (bicyclic) bond motifs is 1. The molecule has 1 aliphatic heterocycles. The smallest absolute Gasteiger partial charge is 0.309 e. The van der Waals surface area contributed by atoms with Crippen LogP contribution in [0.15, 0.2) is 0 Å². The van der Waals surface area contributed by atoms with E-state index in [0.29, 0.717) is 11.8 Å². The molecule has 2 atom stereocenters. The molecule has 0 amide bonds. The zero-order valence-electron chi connectivity index (χ0n) is 5.96. The molecule has 0 aromatic carbocycles. The van der Waals surface area contributed by atoms with Crippen LogP contribution in [0.1, 0.15) is 0 Å². The van der Waals surface area contributed by atoms with Gasteiger partial charge in [0.15, 0.2) is 0 Å². The van der Waals surface area contributed by atoms with Crippen molar-refractivity contribution in [1.82, 2.24) is 5.32 Å². The van der Waals surface area contributed by atoms with Gasteiger partial charge in [-0.3, -0.25) is 4.79 Å². The van der Waals surface area contributed by atoms with Crippen molar-refractivity contribution in [3.63, 3.8) is 0 Å². The molecule has 0 aromatic heterocycles. The first kappa shape index (κ1) is 6.16. The van der Waals surface area contributed by atoms with Crippen LogP contribution in [0.2, 0.25) is 0 Å². The number of piperidine rings is 1. The fourth-order valence-corrected chi connectivity index (χ4v) is 1.90. The molecule has 0 bridgehead atoms. The molecule has 1 saturated carbocycles. The van der Waals surface area contributed by atoms with Crippen molar-refractivity contribution in [2.75, 3.05) is 20.2 Å². The van der Waals surface area contributed by atoms with Crippen LogP contribution in [0.25, 0.3) is 0 Å². The van der Waals surface area contributed by atoms with E-state index in [1.807, 2.05) is 0 Å². The van der Waals surface area contributed by atoms with Crippen LogP contribution >= 0.6 is 0 Å². The fraction of sp³-hybridized carbons (Fsp3) is 0.857. The Bertz CT molecular complexity index is 159. The van der Waals surface area contributed by atoms with Crippen molar-refractivity contribution in [2.45, 2.75) is 0 Å². The van der Waals surface area contributed by atoms with Crippen molar-refractivity contribution in [2.24, 2.45) is 17.8 Å². The normalized spacial score (nSPS) is 42.7. The minimum absolute atomic E-state index is 0.0171. The van der Waals surface area contributed by atoms with E-state index >= 15 is 0 Å². The third-order valence-electron chi connectivity index (χ3n) is 2.57. The van der Waals surface area contributed by atoms with Gasteiger partial charge in [0.05, 0.1) is 13.0 Å². The van der Waals surface area contributed by atoms with Gasteiger partial charge in [-0.25, -0.2) is 0 Å². The average Bonchev–Trinajstić information content (AvgIpc) is 2.43. The van der Waals surface area contributed by atoms with Gasteiger partial charge in [-0.2, -0.15) is 0 Å². The van der Waals surface area contributed by atoms with Crippen LogP contribution in [-0.4, -0.2) is 26.2 Å². The van der Waals surface area contributed by atoms with Gasteiger partial charge in [-0.1, -0.05) is 0 Å². The molecule has 1 aliphatic carbocycles. The van der Waals surface area contributed by atoms with Crippen LogP contribution in [0.3, 0.4) is 0 Å². The highest BCUT2D eigenvalue weighted by molar-refractivity contribution is 5.76. The number of carbonyl (C=O) groups excluding carboxylic acids is 1. The Morgan fingerprint density at radius 3 is 2.60 bits per heavy atom. The summed E-state index contributed by atoms with van der Waals surface area (Å²) in [4.78, 5) is 10.9. The van der Waals surface area contributed by atoms with E-state index in [2.05, 4.69) is 10.1 Å². The van der Waals surface area contributed by atoms with Crippen LogP contribution < -0.4 is 5.32 Å². The number of carbonyl (C=O) groups is 1. The van der Waals surface area contributed by atoms with E-state index in [9.17, 15) is 4.79 Å². The minimum Gasteiger partial charge on any atom is -0.469 e. The Morgan fingerprint density at radius 2 is 2.10 bits per heavy atom. The monoisotopic (exact) mass is 141 g/mol. The summed E-state index contributed by atoms with van der Waals surface area (Å²) in [6.45, 7) is 2.01. The summed E-state index contributed by atoms with van der Waals surface area (Å²) in [5, 5.41) is 3.22. The summed E-state index contributed by atoms with van der Waals surface area (Å²) >= 11 is 0. The Balaban J connectivity index is 1.94. The van der Waals surface area contributed by atoms with E-state index in [1.54, 1.807) is 0 Å². The van der Waals surface area contributed by atoms with Gasteiger partial charge in [-0.05, 0) is 24.9 Å². The van der Waals surface area contributed by atoms with Crippen molar-refractivity contribution in [1.29, 1.82) is 0 Å². The zero-order valence-corrected chi connectivity index (χ0v) is 5.96. The number of hydrogen-bond acceptors (Lipinski definition) is 3. The first-order chi connectivity index (χ1) is 4.84. The lowest BCUT2D eigenvalue weighted by Gasteiger charge is -2.00. The zero-order chi connectivity index (χ0) is 7.14. The summed E-state index contributed by atoms with van der Waals surface area (Å²) in [6, 6.07) is 0. The predicted molar refractivity (Wildman–Crippen MR) is 35.4 cm³/mol. The lowest BCUT2D eigenvalue weighted by atomic mass is 10.3. The van der Waals surface area contributed by atoms with Gasteiger partial charge in [0.2, 0.25) is 0 Å². The first-order valence-electron chi connectivity index (χ1n) is 3.63. The Morgan fingerprint density at radius 1 is 1.50 bits per heavy atom. The number of methoxy groups -OCH3 is 1. The van der Waals surface area contributed by atoms with Crippen LogP contribution in [0, 0.1) is 17.8 Å². The lowest BCUT2D eigenvalue weighted by molar-refractivity contribution is -0.143. The number of esters is 1. The molecule has 3 nitrogen and oxygen atoms in total. The summed E-state index contributed by atoms with van der Waals surface area (Å²) in [6.07, 6.45) is 0. The van der Waals surface area contributed by atoms with Crippen LogP contribution in [-0.2, 0) is 9.53 Å². The molecule has 2 fully saturated rings. The van der Waals surface area contributed by atoms with Gasteiger partial charge in [0.25, 0.3) is 0 Å². The molecule has 1 heterocycles. The highest BCUT2D eigenvalue weighted by Gasteiger charge is 2.57. The van der Waals surface area contributed by atoms with E-state index in [4.69, 9.17) is 0 Å². The molecule has 3 heteroatoms. The summed E-state index contributed by atoms with van der Waals surface area (Å²) in [5.41, 5.74) is 0. The van der Waals surface area contributed by atoms with Crippen molar-refractivity contribution in [3.05, 3.63) is 0 Å². The molecule has 56 valence electrons. The molecule has 0 aromatic rings. The van der Waals surface area contributed by atoms with E-state index < -0.39 is 0 Å². The maximum absolute atomic E-state index is 10.9. The SMILES string of the molecule is COC(=O)C1[C@H]2CNC[C@H]12. The van der Waals surface area contributed by atoms with Crippen LogP contribution in [0.4, 0.5) is 0 Å². The van der Waals surface area contributed by atoms with E-state index in [-0.39, 0.29) is 11.9 Å². The average molecular weight is 141 g/mol. The largest absolute Gasteiger partial charge is 0.469 e. The predicted octanol–water partition coefficient (Wildman–Crippen LogP) is -0.375. The molecule has 0 spiro atoms. The van der Waals surface area contributed by atoms with E-state index in [1.165, 1.54) is 7.11 Å². The minimum atomic E-state index is -0.0171. The Kier molecular flexibility index (Phi) is 1.20. The standard InChI is InChI=1S/C7H11NO2/c1-10-7(9)6-4-2-8-3-5(4)6/h4-6,8H,2-3H2,1H3/t4-,5-/m0/s1. The second-order valence-electron chi connectivity index (χ2n) is 3.03. The topological polar surface area (TPSA) is 38.3 Å². The molecule has 1 N–H and O–H groups in total. The molecule has 0 unspecified atom stereocenters. The third kappa shape index (κ3) is 0.669. The molecular formula is C7H11NO2. The maximum Gasteiger partial charge on any atom is 0.309 e. The number of ether oxygens (including phenoxy) is 1.